The lowest BCUT2D eigenvalue weighted by Crippen LogP contribution is -2.38. The van der Waals surface area contributed by atoms with Gasteiger partial charge >= 0.3 is 6.36 Å². The smallest absolute Gasteiger partial charge is 0.316 e. The second kappa shape index (κ2) is 7.67. The Bertz CT molecular complexity index is 919. The highest BCUT2D eigenvalue weighted by Crippen LogP contribution is 2.47. The molecule has 0 aliphatic carbocycles. The van der Waals surface area contributed by atoms with Crippen molar-refractivity contribution in [2.24, 2.45) is 11.5 Å². The van der Waals surface area contributed by atoms with Crippen LogP contribution in [-0.4, -0.2) is 30.0 Å². The topological polar surface area (TPSA) is 116 Å². The predicted octanol–water partition coefficient (Wildman–Crippen LogP) is 1.39. The second-order valence-corrected chi connectivity index (χ2v) is 6.59. The van der Waals surface area contributed by atoms with Crippen molar-refractivity contribution in [2.45, 2.75) is 31.8 Å². The molecule has 0 saturated carbocycles. The van der Waals surface area contributed by atoms with Crippen LogP contribution in [-0.2, 0) is 20.9 Å². The summed E-state index contributed by atoms with van der Waals surface area (Å²) in [6, 6.07) is 13.9. The minimum atomic E-state index is -2.38. The van der Waals surface area contributed by atoms with E-state index in [9.17, 15) is 18.8 Å². The molecule has 0 fully saturated rings. The van der Waals surface area contributed by atoms with Gasteiger partial charge in [0.1, 0.15) is 5.75 Å². The first kappa shape index (κ1) is 19.3. The first-order valence-electron chi connectivity index (χ1n) is 8.68. The Morgan fingerprint density at radius 1 is 1.11 bits per heavy atom. The number of benzene rings is 2. The first-order valence-corrected chi connectivity index (χ1v) is 8.68. The largest absolute Gasteiger partial charge is 0.451 e. The van der Waals surface area contributed by atoms with Gasteiger partial charge in [-0.3, -0.25) is 14.4 Å². The zero-order valence-electron chi connectivity index (χ0n) is 15.2. The fourth-order valence-electron chi connectivity index (χ4n) is 3.52. The molecule has 0 aromatic heterocycles. The van der Waals surface area contributed by atoms with Crippen molar-refractivity contribution in [3.05, 3.63) is 59.7 Å². The highest BCUT2D eigenvalue weighted by atomic mass is 19.1. The zero-order valence-corrected chi connectivity index (χ0v) is 15.2. The molecule has 2 aromatic carbocycles. The van der Waals surface area contributed by atoms with Gasteiger partial charge < -0.3 is 21.1 Å². The van der Waals surface area contributed by atoms with Gasteiger partial charge in [0.15, 0.2) is 0 Å². The maximum atomic E-state index is 13.8. The van der Waals surface area contributed by atoms with Crippen molar-refractivity contribution in [2.75, 3.05) is 4.90 Å². The van der Waals surface area contributed by atoms with Gasteiger partial charge in [-0.1, -0.05) is 36.4 Å². The zero-order chi connectivity index (χ0) is 20.4. The van der Waals surface area contributed by atoms with E-state index in [4.69, 9.17) is 16.2 Å². The van der Waals surface area contributed by atoms with Crippen LogP contribution in [0.3, 0.4) is 0 Å². The van der Waals surface area contributed by atoms with Crippen molar-refractivity contribution in [3.8, 4) is 5.75 Å². The van der Waals surface area contributed by atoms with Gasteiger partial charge in [0.25, 0.3) is 11.8 Å². The van der Waals surface area contributed by atoms with E-state index in [1.54, 1.807) is 19.1 Å². The van der Waals surface area contributed by atoms with E-state index in [0.717, 1.165) is 5.56 Å². The number of hydrogen-bond acceptors (Lipinski definition) is 5. The molecule has 3 rings (SSSR count). The van der Waals surface area contributed by atoms with Gasteiger partial charge in [0.05, 0.1) is 5.92 Å². The quantitative estimate of drug-likeness (QED) is 0.699. The molecule has 4 N–H and O–H groups in total. The van der Waals surface area contributed by atoms with Gasteiger partial charge in [-0.15, -0.1) is 0 Å². The van der Waals surface area contributed by atoms with Gasteiger partial charge in [-0.2, -0.15) is 4.39 Å². The van der Waals surface area contributed by atoms with Crippen LogP contribution in [0.4, 0.5) is 10.1 Å². The molecule has 3 atom stereocenters. The summed E-state index contributed by atoms with van der Waals surface area (Å²) in [4.78, 5) is 37.1. The van der Waals surface area contributed by atoms with Crippen LogP contribution in [0, 0.1) is 0 Å². The Balaban J connectivity index is 2.07. The van der Waals surface area contributed by atoms with Crippen LogP contribution in [0.1, 0.15) is 24.0 Å². The third kappa shape index (κ3) is 3.53. The van der Waals surface area contributed by atoms with Crippen molar-refractivity contribution < 1.29 is 23.5 Å². The molecule has 0 bridgehead atoms. The van der Waals surface area contributed by atoms with Gasteiger partial charge in [-0.05, 0) is 24.6 Å². The molecule has 0 radical (unpaired) electrons. The van der Waals surface area contributed by atoms with Crippen LogP contribution in [0.25, 0.3) is 0 Å². The number of fused-ring (bicyclic) bond motifs is 1. The number of ketones is 1. The number of ether oxygens (including phenoxy) is 1. The average Bonchev–Trinajstić information content (AvgIpc) is 2.94. The average molecular weight is 385 g/mol. The van der Waals surface area contributed by atoms with E-state index < -0.39 is 35.9 Å². The molecule has 0 saturated heterocycles. The van der Waals surface area contributed by atoms with E-state index in [2.05, 4.69) is 0 Å². The summed E-state index contributed by atoms with van der Waals surface area (Å²) in [6.45, 7) is 2.23. The lowest BCUT2D eigenvalue weighted by molar-refractivity contribution is -0.137. The molecule has 3 unspecified atom stereocenters. The number of halogens is 1. The third-order valence-corrected chi connectivity index (χ3v) is 4.81. The molecule has 1 aliphatic rings. The monoisotopic (exact) mass is 385 g/mol. The molecule has 2 aromatic rings. The molecule has 1 heterocycles. The van der Waals surface area contributed by atoms with Crippen LogP contribution in [0.5, 0.6) is 5.75 Å². The SMILES string of the molecule is CC1C(C(=O)C(N)=O)c2c(OC(F)C(N)=O)cccc2N1Cc1ccccc1. The summed E-state index contributed by atoms with van der Waals surface area (Å²) in [6.07, 6.45) is -2.38. The third-order valence-electron chi connectivity index (χ3n) is 4.81. The Kier molecular flexibility index (Phi) is 5.30. The molecule has 1 aliphatic heterocycles. The van der Waals surface area contributed by atoms with E-state index in [-0.39, 0.29) is 5.75 Å². The van der Waals surface area contributed by atoms with Gasteiger partial charge in [-0.25, -0.2) is 0 Å². The lowest BCUT2D eigenvalue weighted by atomic mass is 9.90. The molecule has 8 heteroatoms. The van der Waals surface area contributed by atoms with Crippen molar-refractivity contribution in [3.63, 3.8) is 0 Å². The fourth-order valence-corrected chi connectivity index (χ4v) is 3.52. The molecule has 7 nitrogen and oxygen atoms in total. The number of carbonyl (C=O) groups excluding carboxylic acids is 3. The number of primary amides is 2. The maximum Gasteiger partial charge on any atom is 0.316 e. The van der Waals surface area contributed by atoms with Crippen molar-refractivity contribution in [1.82, 2.24) is 0 Å². The normalized spacial score (nSPS) is 19.0. The highest BCUT2D eigenvalue weighted by molar-refractivity contribution is 6.38. The second-order valence-electron chi connectivity index (χ2n) is 6.59. The van der Waals surface area contributed by atoms with E-state index >= 15 is 0 Å². The number of carbonyl (C=O) groups is 3. The van der Waals surface area contributed by atoms with Gasteiger partial charge in [0.2, 0.25) is 5.78 Å². The maximum absolute atomic E-state index is 13.8. The summed E-state index contributed by atoms with van der Waals surface area (Å²) in [5.74, 6) is -4.17. The summed E-state index contributed by atoms with van der Waals surface area (Å²) >= 11 is 0. The molecule has 0 spiro atoms. The van der Waals surface area contributed by atoms with Crippen LogP contribution in [0.2, 0.25) is 0 Å². The molecular formula is C20H20FN3O4. The number of Topliss-reactive ketones (excluding diaryl/α,β-unsaturated/α-hetero) is 1. The molecular weight excluding hydrogens is 365 g/mol. The number of nitrogens with two attached hydrogens (primary N) is 2. The van der Waals surface area contributed by atoms with Gasteiger partial charge in [0, 0.05) is 23.8 Å². The van der Waals surface area contributed by atoms with Crippen LogP contribution < -0.4 is 21.1 Å². The number of nitrogens with zero attached hydrogens (tertiary/aromatic N) is 1. The Morgan fingerprint density at radius 2 is 1.79 bits per heavy atom. The standard InChI is InChI=1S/C20H20FN3O4/c1-11-15(17(25)19(22)26)16-13(24(11)10-12-6-3-2-4-7-12)8-5-9-14(16)28-18(21)20(23)27/h2-9,11,15,18H,10H2,1H3,(H2,22,26)(H2,23,27). The summed E-state index contributed by atoms with van der Waals surface area (Å²) in [5.41, 5.74) is 12.1. The number of amides is 2. The Morgan fingerprint density at radius 3 is 2.39 bits per heavy atom. The number of alkyl halides is 1. The van der Waals surface area contributed by atoms with Crippen molar-refractivity contribution in [1.29, 1.82) is 0 Å². The summed E-state index contributed by atoms with van der Waals surface area (Å²) < 4.78 is 18.9. The van der Waals surface area contributed by atoms with E-state index in [1.165, 1.54) is 6.07 Å². The minimum absolute atomic E-state index is 0.0224. The molecule has 146 valence electrons. The summed E-state index contributed by atoms with van der Waals surface area (Å²) in [5, 5.41) is 0. The minimum Gasteiger partial charge on any atom is -0.451 e. The number of anilines is 1. The lowest BCUT2D eigenvalue weighted by Gasteiger charge is -2.26. The fraction of sp³-hybridized carbons (Fsp3) is 0.250. The van der Waals surface area contributed by atoms with Crippen LogP contribution >= 0.6 is 0 Å². The molecule has 2 amide bonds. The van der Waals surface area contributed by atoms with E-state index in [1.807, 2.05) is 35.2 Å². The van der Waals surface area contributed by atoms with E-state index in [0.29, 0.717) is 17.8 Å². The first-order chi connectivity index (χ1) is 13.3. The predicted molar refractivity (Wildman–Crippen MR) is 100 cm³/mol. The highest BCUT2D eigenvalue weighted by Gasteiger charge is 2.44. The van der Waals surface area contributed by atoms with Crippen LogP contribution in [0.15, 0.2) is 48.5 Å². The van der Waals surface area contributed by atoms with Crippen molar-refractivity contribution >= 4 is 23.3 Å². The summed E-state index contributed by atoms with van der Waals surface area (Å²) in [7, 11) is 0. The molecule has 28 heavy (non-hydrogen) atoms. The number of hydrogen-bond donors (Lipinski definition) is 2. The Hall–Kier alpha value is -3.42. The number of rotatable bonds is 7. The Labute approximate surface area is 161 Å².